The molecule has 3 N–H and O–H groups in total. The molecule has 0 amide bonds. The Kier molecular flexibility index (Phi) is 8.20. The molecule has 8 heteroatoms. The molecule has 0 radical (unpaired) electrons. The van der Waals surface area contributed by atoms with Gasteiger partial charge in [0.15, 0.2) is 0 Å². The monoisotopic (exact) mass is 388 g/mol. The van der Waals surface area contributed by atoms with E-state index in [4.69, 9.17) is 5.73 Å². The summed E-state index contributed by atoms with van der Waals surface area (Å²) in [4.78, 5) is -0.116. The third-order valence-corrected chi connectivity index (χ3v) is 5.06. The molecule has 0 bridgehead atoms. The molecule has 1 atom stereocenters. The first-order chi connectivity index (χ1) is 8.76. The fourth-order valence-electron chi connectivity index (χ4n) is 1.73. The summed E-state index contributed by atoms with van der Waals surface area (Å²) >= 11 is 3.11. The summed E-state index contributed by atoms with van der Waals surface area (Å²) in [6, 6.07) is 3.18. The van der Waals surface area contributed by atoms with Crippen molar-refractivity contribution in [1.82, 2.24) is 4.72 Å². The minimum Gasteiger partial charge on any atom is -0.329 e. The Morgan fingerprint density at radius 2 is 2.00 bits per heavy atom. The smallest absolute Gasteiger partial charge is 0.242 e. The predicted octanol–water partition coefficient (Wildman–Crippen LogP) is 2.66. The highest BCUT2D eigenvalue weighted by Crippen LogP contribution is 2.23. The predicted molar refractivity (Wildman–Crippen MR) is 84.0 cm³/mol. The highest BCUT2D eigenvalue weighted by molar-refractivity contribution is 9.10. The Bertz CT molecular complexity index is 540. The van der Waals surface area contributed by atoms with Gasteiger partial charge in [0, 0.05) is 17.1 Å². The van der Waals surface area contributed by atoms with Crippen molar-refractivity contribution in [3.8, 4) is 0 Å². The molecule has 0 spiro atoms. The van der Waals surface area contributed by atoms with E-state index >= 15 is 0 Å². The van der Waals surface area contributed by atoms with E-state index in [0.717, 1.165) is 6.07 Å². The number of halogens is 3. The molecule has 0 aliphatic carbocycles. The third kappa shape index (κ3) is 5.65. The van der Waals surface area contributed by atoms with E-state index in [2.05, 4.69) is 20.7 Å². The van der Waals surface area contributed by atoms with E-state index in [-0.39, 0.29) is 29.9 Å². The zero-order chi connectivity index (χ0) is 14.6. The van der Waals surface area contributed by atoms with E-state index in [1.807, 2.05) is 13.8 Å². The van der Waals surface area contributed by atoms with Gasteiger partial charge in [0.1, 0.15) is 5.82 Å². The molecule has 0 saturated heterocycles. The van der Waals surface area contributed by atoms with Crippen molar-refractivity contribution < 1.29 is 12.8 Å². The Labute approximate surface area is 133 Å². The van der Waals surface area contributed by atoms with Gasteiger partial charge >= 0.3 is 0 Å². The van der Waals surface area contributed by atoms with Crippen LogP contribution in [-0.2, 0) is 10.0 Å². The molecule has 0 heterocycles. The highest BCUT2D eigenvalue weighted by Gasteiger charge is 2.22. The minimum atomic E-state index is -3.79. The van der Waals surface area contributed by atoms with E-state index in [9.17, 15) is 12.8 Å². The molecular formula is C12H19BrClFN2O2S. The average Bonchev–Trinajstić information content (AvgIpc) is 2.30. The zero-order valence-corrected chi connectivity index (χ0v) is 14.5. The quantitative estimate of drug-likeness (QED) is 0.785. The molecular weight excluding hydrogens is 371 g/mol. The number of nitrogens with one attached hydrogen (secondary N) is 1. The first-order valence-corrected chi connectivity index (χ1v) is 8.21. The van der Waals surface area contributed by atoms with Gasteiger partial charge in [0.25, 0.3) is 0 Å². The van der Waals surface area contributed by atoms with Crippen molar-refractivity contribution in [3.63, 3.8) is 0 Å². The second kappa shape index (κ2) is 8.29. The molecule has 116 valence electrons. The Morgan fingerprint density at radius 1 is 1.40 bits per heavy atom. The minimum absolute atomic E-state index is 0. The first kappa shape index (κ1) is 19.8. The zero-order valence-electron chi connectivity index (χ0n) is 11.3. The SMILES string of the molecule is CC(C)CC(CN)NS(=O)(=O)c1cc(F)ccc1Br.Cl. The molecule has 1 aromatic rings. The van der Waals surface area contributed by atoms with E-state index < -0.39 is 15.8 Å². The maximum atomic E-state index is 13.2. The van der Waals surface area contributed by atoms with Crippen molar-refractivity contribution >= 4 is 38.4 Å². The summed E-state index contributed by atoms with van der Waals surface area (Å²) in [6.45, 7) is 4.16. The van der Waals surface area contributed by atoms with Crippen molar-refractivity contribution in [1.29, 1.82) is 0 Å². The lowest BCUT2D eigenvalue weighted by molar-refractivity contribution is 0.464. The lowest BCUT2D eigenvalue weighted by Gasteiger charge is -2.19. The maximum absolute atomic E-state index is 13.2. The average molecular weight is 390 g/mol. The Balaban J connectivity index is 0.00000361. The number of hydrogen-bond donors (Lipinski definition) is 2. The molecule has 20 heavy (non-hydrogen) atoms. The maximum Gasteiger partial charge on any atom is 0.242 e. The Hall–Kier alpha value is -0.210. The summed E-state index contributed by atoms with van der Waals surface area (Å²) in [5.74, 6) is -0.288. The van der Waals surface area contributed by atoms with Crippen LogP contribution in [0.3, 0.4) is 0 Å². The molecule has 4 nitrogen and oxygen atoms in total. The first-order valence-electron chi connectivity index (χ1n) is 5.93. The fourth-order valence-corrected chi connectivity index (χ4v) is 3.96. The molecule has 1 aromatic carbocycles. The number of sulfonamides is 1. The topological polar surface area (TPSA) is 72.2 Å². The molecule has 1 unspecified atom stereocenters. The van der Waals surface area contributed by atoms with Gasteiger partial charge in [-0.1, -0.05) is 13.8 Å². The van der Waals surface area contributed by atoms with Crippen molar-refractivity contribution in [2.75, 3.05) is 6.54 Å². The second-order valence-electron chi connectivity index (χ2n) is 4.76. The molecule has 0 saturated carbocycles. The number of hydrogen-bond acceptors (Lipinski definition) is 3. The van der Waals surface area contributed by atoms with Crippen molar-refractivity contribution in [2.24, 2.45) is 11.7 Å². The van der Waals surface area contributed by atoms with E-state index in [1.165, 1.54) is 12.1 Å². The van der Waals surface area contributed by atoms with Crippen LogP contribution in [0.2, 0.25) is 0 Å². The normalized spacial score (nSPS) is 13.1. The van der Waals surface area contributed by atoms with Crippen LogP contribution in [0.4, 0.5) is 4.39 Å². The van der Waals surface area contributed by atoms with Crippen LogP contribution >= 0.6 is 28.3 Å². The Morgan fingerprint density at radius 3 is 2.50 bits per heavy atom. The van der Waals surface area contributed by atoms with E-state index in [1.54, 1.807) is 0 Å². The second-order valence-corrected chi connectivity index (χ2v) is 7.29. The summed E-state index contributed by atoms with van der Waals surface area (Å²) in [5, 5.41) is 0. The van der Waals surface area contributed by atoms with Gasteiger partial charge in [-0.2, -0.15) is 0 Å². The highest BCUT2D eigenvalue weighted by atomic mass is 79.9. The van der Waals surface area contributed by atoms with Crippen LogP contribution in [-0.4, -0.2) is 21.0 Å². The number of nitrogens with two attached hydrogens (primary N) is 1. The van der Waals surface area contributed by atoms with Gasteiger partial charge in [0.05, 0.1) is 4.90 Å². The fraction of sp³-hybridized carbons (Fsp3) is 0.500. The molecule has 0 aromatic heterocycles. The third-order valence-electron chi connectivity index (χ3n) is 2.55. The molecule has 0 fully saturated rings. The molecule has 1 rings (SSSR count). The van der Waals surface area contributed by atoms with Crippen LogP contribution in [0.1, 0.15) is 20.3 Å². The number of benzene rings is 1. The standard InChI is InChI=1S/C12H18BrFN2O2S.ClH/c1-8(2)5-10(7-15)16-19(17,18)12-6-9(14)3-4-11(12)13;/h3-4,6,8,10,16H,5,7,15H2,1-2H3;1H. The molecule has 0 aliphatic heterocycles. The van der Waals surface area contributed by atoms with Gasteiger partial charge < -0.3 is 5.73 Å². The van der Waals surface area contributed by atoms with Gasteiger partial charge in [0.2, 0.25) is 10.0 Å². The van der Waals surface area contributed by atoms with E-state index in [0.29, 0.717) is 16.8 Å². The summed E-state index contributed by atoms with van der Waals surface area (Å²) < 4.78 is 40.4. The van der Waals surface area contributed by atoms with Crippen LogP contribution in [0.15, 0.2) is 27.6 Å². The van der Waals surface area contributed by atoms with Gasteiger partial charge in [-0.05, 0) is 46.5 Å². The van der Waals surface area contributed by atoms with Crippen LogP contribution in [0.5, 0.6) is 0 Å². The summed E-state index contributed by atoms with van der Waals surface area (Å²) in [5.41, 5.74) is 5.56. The van der Waals surface area contributed by atoms with Crippen molar-refractivity contribution in [3.05, 3.63) is 28.5 Å². The summed E-state index contributed by atoms with van der Waals surface area (Å²) in [7, 11) is -3.79. The lowest BCUT2D eigenvalue weighted by Crippen LogP contribution is -2.41. The van der Waals surface area contributed by atoms with Crippen LogP contribution < -0.4 is 10.5 Å². The summed E-state index contributed by atoms with van der Waals surface area (Å²) in [6.07, 6.45) is 0.628. The molecule has 0 aliphatic rings. The lowest BCUT2D eigenvalue weighted by atomic mass is 10.1. The van der Waals surface area contributed by atoms with Gasteiger partial charge in [-0.15, -0.1) is 12.4 Å². The van der Waals surface area contributed by atoms with Gasteiger partial charge in [-0.25, -0.2) is 17.5 Å². The van der Waals surface area contributed by atoms with Crippen LogP contribution in [0, 0.1) is 11.7 Å². The van der Waals surface area contributed by atoms with Crippen molar-refractivity contribution in [2.45, 2.75) is 31.2 Å². The van der Waals surface area contributed by atoms with Crippen LogP contribution in [0.25, 0.3) is 0 Å². The number of rotatable bonds is 6. The largest absolute Gasteiger partial charge is 0.329 e. The van der Waals surface area contributed by atoms with Gasteiger partial charge in [-0.3, -0.25) is 0 Å².